The van der Waals surface area contributed by atoms with Gasteiger partial charge < -0.3 is 13.7 Å². The lowest BCUT2D eigenvalue weighted by Gasteiger charge is -2.07. The number of benzene rings is 3. The van der Waals surface area contributed by atoms with Crippen LogP contribution in [0.4, 0.5) is 0 Å². The number of para-hydroxylation sites is 2. The first kappa shape index (κ1) is 17.5. The van der Waals surface area contributed by atoms with Gasteiger partial charge in [-0.25, -0.2) is 4.79 Å². The molecule has 0 saturated heterocycles. The van der Waals surface area contributed by atoms with Crippen LogP contribution in [0.5, 0.6) is 0 Å². The van der Waals surface area contributed by atoms with E-state index < -0.39 is 0 Å². The standard InChI is InChI=1S/C24H21N2O3/c1-3-28-24(27)15-25-16(2)29-23-13-12-17(14-22(23)25)26-20-10-6-4-8-18(20)19-9-5-7-11-21(19)26/h4-14H,3,15H2,1-2H3/q+1. The molecule has 0 aliphatic heterocycles. The third-order valence-electron chi connectivity index (χ3n) is 5.30. The van der Waals surface area contributed by atoms with Crippen molar-refractivity contribution in [3.8, 4) is 5.69 Å². The number of carbonyl (C=O) groups excluding carboxylic acids is 1. The molecule has 2 heterocycles. The molecule has 0 fully saturated rings. The number of esters is 1. The van der Waals surface area contributed by atoms with Crippen LogP contribution in [0.25, 0.3) is 38.6 Å². The molecular formula is C24H21N2O3+. The van der Waals surface area contributed by atoms with E-state index in [4.69, 9.17) is 9.15 Å². The van der Waals surface area contributed by atoms with Gasteiger partial charge in [0.25, 0.3) is 5.52 Å². The predicted molar refractivity (Wildman–Crippen MR) is 112 cm³/mol. The van der Waals surface area contributed by atoms with Gasteiger partial charge in [-0.3, -0.25) is 0 Å². The number of fused-ring (bicyclic) bond motifs is 4. The number of rotatable bonds is 4. The highest BCUT2D eigenvalue weighted by Gasteiger charge is 2.24. The lowest BCUT2D eigenvalue weighted by atomic mass is 10.2. The highest BCUT2D eigenvalue weighted by molar-refractivity contribution is 6.09. The monoisotopic (exact) mass is 385 g/mol. The van der Waals surface area contributed by atoms with E-state index in [-0.39, 0.29) is 12.5 Å². The molecular weight excluding hydrogens is 364 g/mol. The van der Waals surface area contributed by atoms with Crippen LogP contribution in [0, 0.1) is 6.92 Å². The average Bonchev–Trinajstić information content (AvgIpc) is 3.23. The van der Waals surface area contributed by atoms with Crippen molar-refractivity contribution < 1.29 is 18.5 Å². The molecule has 5 heteroatoms. The second-order valence-corrected chi connectivity index (χ2v) is 7.03. The summed E-state index contributed by atoms with van der Waals surface area (Å²) < 4.78 is 15.1. The minimum absolute atomic E-state index is 0.128. The first-order chi connectivity index (χ1) is 14.2. The molecule has 0 spiro atoms. The summed E-state index contributed by atoms with van der Waals surface area (Å²) in [5.41, 5.74) is 4.93. The molecule has 0 bridgehead atoms. The topological polar surface area (TPSA) is 48.2 Å². The van der Waals surface area contributed by atoms with E-state index in [1.807, 2.05) is 24.5 Å². The van der Waals surface area contributed by atoms with Gasteiger partial charge in [0.05, 0.1) is 30.3 Å². The van der Waals surface area contributed by atoms with Crippen molar-refractivity contribution in [2.45, 2.75) is 20.4 Å². The molecule has 2 aromatic heterocycles. The van der Waals surface area contributed by atoms with Gasteiger partial charge in [0, 0.05) is 16.8 Å². The SMILES string of the molecule is CCOC(=O)C[n+]1c(C)oc2ccc(-n3c4ccccc4c4ccccc43)cc21. The molecule has 5 rings (SSSR count). The summed E-state index contributed by atoms with van der Waals surface area (Å²) in [6, 6.07) is 22.9. The number of carbonyl (C=O) groups is 1. The van der Waals surface area contributed by atoms with Gasteiger partial charge in [-0.1, -0.05) is 36.4 Å². The van der Waals surface area contributed by atoms with Crippen molar-refractivity contribution in [2.75, 3.05) is 6.61 Å². The summed E-state index contributed by atoms with van der Waals surface area (Å²) in [5, 5.41) is 2.43. The zero-order valence-corrected chi connectivity index (χ0v) is 16.4. The molecule has 0 aliphatic carbocycles. The summed E-state index contributed by atoms with van der Waals surface area (Å²) in [6.07, 6.45) is 0. The number of ether oxygens (including phenoxy) is 1. The van der Waals surface area contributed by atoms with E-state index >= 15 is 0 Å². The molecule has 3 aromatic carbocycles. The molecule has 0 atom stereocenters. The van der Waals surface area contributed by atoms with Crippen molar-refractivity contribution >= 4 is 38.9 Å². The van der Waals surface area contributed by atoms with E-state index in [1.165, 1.54) is 10.8 Å². The van der Waals surface area contributed by atoms with Crippen molar-refractivity contribution in [1.82, 2.24) is 4.57 Å². The van der Waals surface area contributed by atoms with E-state index in [1.54, 1.807) is 0 Å². The lowest BCUT2D eigenvalue weighted by Crippen LogP contribution is -2.40. The maximum atomic E-state index is 12.1. The number of oxazole rings is 1. The fourth-order valence-corrected chi connectivity index (χ4v) is 4.06. The van der Waals surface area contributed by atoms with E-state index in [0.29, 0.717) is 12.5 Å². The Kier molecular flexibility index (Phi) is 4.09. The van der Waals surface area contributed by atoms with E-state index in [0.717, 1.165) is 27.8 Å². The summed E-state index contributed by atoms with van der Waals surface area (Å²) in [4.78, 5) is 12.1. The Balaban J connectivity index is 1.75. The van der Waals surface area contributed by atoms with Crippen molar-refractivity contribution in [2.24, 2.45) is 0 Å². The van der Waals surface area contributed by atoms with Crippen LogP contribution in [-0.2, 0) is 16.1 Å². The van der Waals surface area contributed by atoms with Gasteiger partial charge in [0.2, 0.25) is 12.1 Å². The number of hydrogen-bond acceptors (Lipinski definition) is 3. The minimum atomic E-state index is -0.273. The lowest BCUT2D eigenvalue weighted by molar-refractivity contribution is -0.671. The fourth-order valence-electron chi connectivity index (χ4n) is 4.06. The Bertz CT molecular complexity index is 1320. The maximum absolute atomic E-state index is 12.1. The molecule has 0 N–H and O–H groups in total. The fraction of sp³-hybridized carbons (Fsp3) is 0.167. The quantitative estimate of drug-likeness (QED) is 0.333. The zero-order valence-electron chi connectivity index (χ0n) is 16.4. The van der Waals surface area contributed by atoms with Crippen molar-refractivity contribution in [1.29, 1.82) is 0 Å². The Hall–Kier alpha value is -3.60. The average molecular weight is 385 g/mol. The molecule has 5 nitrogen and oxygen atoms in total. The smallest absolute Gasteiger partial charge is 0.372 e. The Morgan fingerprint density at radius 2 is 1.66 bits per heavy atom. The van der Waals surface area contributed by atoms with Gasteiger partial charge in [0.15, 0.2) is 0 Å². The highest BCUT2D eigenvalue weighted by Crippen LogP contribution is 2.32. The van der Waals surface area contributed by atoms with Crippen LogP contribution in [0.15, 0.2) is 71.1 Å². The maximum Gasteiger partial charge on any atom is 0.372 e. The van der Waals surface area contributed by atoms with Crippen molar-refractivity contribution in [3.05, 3.63) is 72.6 Å². The van der Waals surface area contributed by atoms with Crippen LogP contribution in [0.2, 0.25) is 0 Å². The van der Waals surface area contributed by atoms with E-state index in [2.05, 4.69) is 65.2 Å². The van der Waals surface area contributed by atoms with Gasteiger partial charge in [-0.15, -0.1) is 4.57 Å². The Morgan fingerprint density at radius 1 is 1.00 bits per heavy atom. The van der Waals surface area contributed by atoms with Crippen LogP contribution < -0.4 is 4.57 Å². The molecule has 0 unspecified atom stereocenters. The summed E-state index contributed by atoms with van der Waals surface area (Å²) in [5.74, 6) is 0.401. The van der Waals surface area contributed by atoms with Gasteiger partial charge in [-0.05, 0) is 31.2 Å². The molecule has 5 aromatic rings. The third kappa shape index (κ3) is 2.78. The number of aryl methyl sites for hydroxylation is 1. The summed E-state index contributed by atoms with van der Waals surface area (Å²) in [7, 11) is 0. The minimum Gasteiger partial charge on any atom is -0.461 e. The van der Waals surface area contributed by atoms with Gasteiger partial charge >= 0.3 is 11.9 Å². The first-order valence-electron chi connectivity index (χ1n) is 9.74. The summed E-state index contributed by atoms with van der Waals surface area (Å²) >= 11 is 0. The van der Waals surface area contributed by atoms with Crippen LogP contribution in [0.3, 0.4) is 0 Å². The Labute approximate surface area is 167 Å². The normalized spacial score (nSPS) is 11.5. The van der Waals surface area contributed by atoms with Gasteiger partial charge in [0.1, 0.15) is 0 Å². The van der Waals surface area contributed by atoms with Crippen LogP contribution in [-0.4, -0.2) is 17.1 Å². The molecule has 0 radical (unpaired) electrons. The highest BCUT2D eigenvalue weighted by atomic mass is 16.5. The molecule has 0 aliphatic rings. The van der Waals surface area contributed by atoms with Crippen molar-refractivity contribution in [3.63, 3.8) is 0 Å². The Morgan fingerprint density at radius 3 is 2.31 bits per heavy atom. The first-order valence-corrected chi connectivity index (χ1v) is 9.74. The number of aromatic nitrogens is 2. The van der Waals surface area contributed by atoms with E-state index in [9.17, 15) is 4.79 Å². The molecule has 0 amide bonds. The molecule has 0 saturated carbocycles. The second kappa shape index (κ2) is 6.78. The number of nitrogens with zero attached hydrogens (tertiary/aromatic N) is 2. The third-order valence-corrected chi connectivity index (χ3v) is 5.30. The zero-order chi connectivity index (χ0) is 20.0. The van der Waals surface area contributed by atoms with Crippen LogP contribution >= 0.6 is 0 Å². The molecule has 144 valence electrons. The summed E-state index contributed by atoms with van der Waals surface area (Å²) in [6.45, 7) is 4.16. The largest absolute Gasteiger partial charge is 0.461 e. The predicted octanol–water partition coefficient (Wildman–Crippen LogP) is 4.69. The molecule has 29 heavy (non-hydrogen) atoms. The van der Waals surface area contributed by atoms with Gasteiger partial charge in [-0.2, -0.15) is 0 Å². The second-order valence-electron chi connectivity index (χ2n) is 7.03. The van der Waals surface area contributed by atoms with Crippen LogP contribution in [0.1, 0.15) is 12.8 Å². The number of hydrogen-bond donors (Lipinski definition) is 0.